The fourth-order valence-electron chi connectivity index (χ4n) is 3.09. The van der Waals surface area contributed by atoms with Crippen LogP contribution in [0.1, 0.15) is 37.7 Å². The molecule has 2 saturated heterocycles. The Kier molecular flexibility index (Phi) is 4.52. The Morgan fingerprint density at radius 3 is 2.91 bits per heavy atom. The summed E-state index contributed by atoms with van der Waals surface area (Å²) in [7, 11) is 0. The first kappa shape index (κ1) is 16.2. The SMILES string of the molecule is CC/C(C)=C/N=C(N)c1ncn(C2COC3C2OC[C@H]3N)c1C. The number of hydrogen-bond donors (Lipinski definition) is 2. The summed E-state index contributed by atoms with van der Waals surface area (Å²) < 4.78 is 13.7. The first-order chi connectivity index (χ1) is 11.0. The number of aromatic nitrogens is 2. The lowest BCUT2D eigenvalue weighted by Crippen LogP contribution is -2.36. The third-order valence-electron chi connectivity index (χ3n) is 4.69. The van der Waals surface area contributed by atoms with E-state index < -0.39 is 0 Å². The molecule has 4 atom stereocenters. The molecule has 7 heteroatoms. The number of imidazole rings is 1. The van der Waals surface area contributed by atoms with Gasteiger partial charge in [-0.1, -0.05) is 12.5 Å². The Morgan fingerprint density at radius 2 is 2.17 bits per heavy atom. The lowest BCUT2D eigenvalue weighted by Gasteiger charge is -2.19. The smallest absolute Gasteiger partial charge is 0.151 e. The molecule has 3 rings (SSSR count). The van der Waals surface area contributed by atoms with Crippen LogP contribution in [0.2, 0.25) is 0 Å². The van der Waals surface area contributed by atoms with Crippen LogP contribution in [0.15, 0.2) is 23.1 Å². The number of fused-ring (bicyclic) bond motifs is 1. The van der Waals surface area contributed by atoms with Gasteiger partial charge in [0.2, 0.25) is 0 Å². The zero-order valence-corrected chi connectivity index (χ0v) is 13.9. The van der Waals surface area contributed by atoms with E-state index in [9.17, 15) is 0 Å². The number of ether oxygens (including phenoxy) is 2. The maximum Gasteiger partial charge on any atom is 0.151 e. The van der Waals surface area contributed by atoms with E-state index in [1.807, 2.05) is 13.8 Å². The van der Waals surface area contributed by atoms with Crippen LogP contribution < -0.4 is 11.5 Å². The normalized spacial score (nSPS) is 31.7. The Labute approximate surface area is 136 Å². The molecule has 0 saturated carbocycles. The van der Waals surface area contributed by atoms with E-state index in [2.05, 4.69) is 21.5 Å². The van der Waals surface area contributed by atoms with Crippen LogP contribution in [-0.4, -0.2) is 46.9 Å². The van der Waals surface area contributed by atoms with Crippen molar-refractivity contribution in [3.8, 4) is 0 Å². The summed E-state index contributed by atoms with van der Waals surface area (Å²) >= 11 is 0. The molecule has 0 aromatic carbocycles. The summed E-state index contributed by atoms with van der Waals surface area (Å²) in [5.41, 5.74) is 14.9. The quantitative estimate of drug-likeness (QED) is 0.634. The molecule has 0 radical (unpaired) electrons. The van der Waals surface area contributed by atoms with E-state index in [4.69, 9.17) is 20.9 Å². The van der Waals surface area contributed by atoms with Gasteiger partial charge in [0.25, 0.3) is 0 Å². The molecule has 3 heterocycles. The first-order valence-corrected chi connectivity index (χ1v) is 8.04. The lowest BCUT2D eigenvalue weighted by atomic mass is 10.1. The highest BCUT2D eigenvalue weighted by atomic mass is 16.6. The van der Waals surface area contributed by atoms with Gasteiger partial charge in [-0.15, -0.1) is 0 Å². The van der Waals surface area contributed by atoms with Crippen LogP contribution in [0.4, 0.5) is 0 Å². The van der Waals surface area contributed by atoms with Gasteiger partial charge in [-0.25, -0.2) is 9.98 Å². The zero-order chi connectivity index (χ0) is 16.6. The van der Waals surface area contributed by atoms with Crippen molar-refractivity contribution in [3.05, 3.63) is 29.5 Å². The number of rotatable bonds is 4. The van der Waals surface area contributed by atoms with Crippen molar-refractivity contribution < 1.29 is 9.47 Å². The van der Waals surface area contributed by atoms with Crippen LogP contribution in [0.5, 0.6) is 0 Å². The highest BCUT2D eigenvalue weighted by Crippen LogP contribution is 2.34. The van der Waals surface area contributed by atoms with Gasteiger partial charge in [0.05, 0.1) is 31.6 Å². The van der Waals surface area contributed by atoms with Gasteiger partial charge in [0, 0.05) is 11.9 Å². The van der Waals surface area contributed by atoms with Gasteiger partial charge in [-0.3, -0.25) is 0 Å². The first-order valence-electron chi connectivity index (χ1n) is 8.04. The zero-order valence-electron chi connectivity index (χ0n) is 13.9. The van der Waals surface area contributed by atoms with E-state index in [1.165, 1.54) is 5.57 Å². The van der Waals surface area contributed by atoms with Gasteiger partial charge in [0.1, 0.15) is 17.9 Å². The molecular formula is C16H25N5O2. The predicted molar refractivity (Wildman–Crippen MR) is 88.2 cm³/mol. The van der Waals surface area contributed by atoms with Crippen LogP contribution in [-0.2, 0) is 9.47 Å². The highest BCUT2D eigenvalue weighted by Gasteiger charge is 2.47. The molecule has 0 bridgehead atoms. The summed E-state index contributed by atoms with van der Waals surface area (Å²) in [6.45, 7) is 7.21. The van der Waals surface area contributed by atoms with Gasteiger partial charge in [0.15, 0.2) is 5.84 Å². The second kappa shape index (κ2) is 6.43. The van der Waals surface area contributed by atoms with Crippen LogP contribution >= 0.6 is 0 Å². The van der Waals surface area contributed by atoms with Crippen LogP contribution in [0.25, 0.3) is 0 Å². The van der Waals surface area contributed by atoms with E-state index in [-0.39, 0.29) is 24.3 Å². The maximum absolute atomic E-state index is 6.09. The maximum atomic E-state index is 6.09. The monoisotopic (exact) mass is 319 g/mol. The van der Waals surface area contributed by atoms with Crippen molar-refractivity contribution in [2.75, 3.05) is 13.2 Å². The minimum absolute atomic E-state index is 0.0221. The number of nitrogens with two attached hydrogens (primary N) is 2. The van der Waals surface area contributed by atoms with Crippen molar-refractivity contribution in [3.63, 3.8) is 0 Å². The Morgan fingerprint density at radius 1 is 1.43 bits per heavy atom. The predicted octanol–water partition coefficient (Wildman–Crippen LogP) is 0.877. The molecule has 3 unspecified atom stereocenters. The summed E-state index contributed by atoms with van der Waals surface area (Å²) in [6.07, 6.45) is 4.47. The van der Waals surface area contributed by atoms with E-state index >= 15 is 0 Å². The topological polar surface area (TPSA) is 101 Å². The van der Waals surface area contributed by atoms with Crippen molar-refractivity contribution in [2.45, 2.75) is 51.5 Å². The van der Waals surface area contributed by atoms with Crippen LogP contribution in [0.3, 0.4) is 0 Å². The Hall–Kier alpha value is -1.70. The van der Waals surface area contributed by atoms with Gasteiger partial charge in [-0.05, 0) is 20.3 Å². The highest BCUT2D eigenvalue weighted by molar-refractivity contribution is 5.97. The molecule has 126 valence electrons. The number of aliphatic imine (C=N–C) groups is 1. The second-order valence-corrected chi connectivity index (χ2v) is 6.26. The van der Waals surface area contributed by atoms with Crippen molar-refractivity contribution in [1.82, 2.24) is 9.55 Å². The molecule has 0 amide bonds. The standard InChI is InChI=1S/C16H25N5O2/c1-4-9(2)5-19-16(18)13-10(3)21(8-20-13)12-7-23-14-11(17)6-22-15(12)14/h5,8,11-12,14-15H,4,6-7,17H2,1-3H3,(H2,18,19)/b9-5+/t11-,12?,14?,15?/m1/s1. The summed E-state index contributed by atoms with van der Waals surface area (Å²) in [5.74, 6) is 0.425. The average Bonchev–Trinajstić information content (AvgIpc) is 3.21. The molecule has 4 N–H and O–H groups in total. The third-order valence-corrected chi connectivity index (χ3v) is 4.69. The second-order valence-electron chi connectivity index (χ2n) is 6.26. The summed E-state index contributed by atoms with van der Waals surface area (Å²) in [6, 6.07) is 0.0256. The van der Waals surface area contributed by atoms with E-state index in [0.717, 1.165) is 12.1 Å². The third kappa shape index (κ3) is 2.91. The van der Waals surface area contributed by atoms with Crippen molar-refractivity contribution in [2.24, 2.45) is 16.5 Å². The molecule has 2 aliphatic rings. The number of allylic oxidation sites excluding steroid dienone is 1. The number of nitrogens with zero attached hydrogens (tertiary/aromatic N) is 3. The van der Waals surface area contributed by atoms with Gasteiger partial charge < -0.3 is 25.5 Å². The molecule has 1 aromatic heterocycles. The fourth-order valence-corrected chi connectivity index (χ4v) is 3.09. The largest absolute Gasteiger partial charge is 0.382 e. The molecule has 2 aliphatic heterocycles. The minimum atomic E-state index is -0.0536. The van der Waals surface area contributed by atoms with Crippen LogP contribution in [0, 0.1) is 6.92 Å². The van der Waals surface area contributed by atoms with Crippen molar-refractivity contribution in [1.29, 1.82) is 0 Å². The van der Waals surface area contributed by atoms with E-state index in [1.54, 1.807) is 12.5 Å². The lowest BCUT2D eigenvalue weighted by molar-refractivity contribution is 0.0641. The Balaban J connectivity index is 1.83. The molecule has 7 nitrogen and oxygen atoms in total. The van der Waals surface area contributed by atoms with E-state index in [0.29, 0.717) is 24.7 Å². The number of hydrogen-bond acceptors (Lipinski definition) is 5. The molecule has 0 aliphatic carbocycles. The molecule has 2 fully saturated rings. The van der Waals surface area contributed by atoms with Gasteiger partial charge >= 0.3 is 0 Å². The van der Waals surface area contributed by atoms with Crippen molar-refractivity contribution >= 4 is 5.84 Å². The average molecular weight is 319 g/mol. The molecular weight excluding hydrogens is 294 g/mol. The van der Waals surface area contributed by atoms with Gasteiger partial charge in [-0.2, -0.15) is 0 Å². The Bertz CT molecular complexity index is 636. The molecule has 1 aromatic rings. The summed E-state index contributed by atoms with van der Waals surface area (Å²) in [5, 5.41) is 0. The molecule has 23 heavy (non-hydrogen) atoms. The summed E-state index contributed by atoms with van der Waals surface area (Å²) in [4.78, 5) is 8.75. The number of amidine groups is 1. The minimum Gasteiger partial charge on any atom is -0.382 e. The fraction of sp³-hybridized carbons (Fsp3) is 0.625. The molecule has 0 spiro atoms.